The van der Waals surface area contributed by atoms with Crippen LogP contribution in [0.5, 0.6) is 0 Å². The molecule has 1 aromatic heterocycles. The number of Topliss-reactive ketones (excluding diaryl/α,β-unsaturated/α-hetero) is 2. The maximum Gasteiger partial charge on any atom is 0.370 e. The first kappa shape index (κ1) is 26.8. The van der Waals surface area contributed by atoms with Gasteiger partial charge in [0.15, 0.2) is 0 Å². The van der Waals surface area contributed by atoms with Crippen LogP contribution in [-0.2, 0) is 19.1 Å². The summed E-state index contributed by atoms with van der Waals surface area (Å²) in [5.41, 5.74) is 0.328. The average Bonchev–Trinajstić information content (AvgIpc) is 3.31. The predicted molar refractivity (Wildman–Crippen MR) is 130 cm³/mol. The van der Waals surface area contributed by atoms with Crippen molar-refractivity contribution in [3.63, 3.8) is 0 Å². The van der Waals surface area contributed by atoms with Gasteiger partial charge in [-0.2, -0.15) is 0 Å². The largest absolute Gasteiger partial charge is 0.424 e. The number of benzene rings is 1. The van der Waals surface area contributed by atoms with Gasteiger partial charge in [-0.3, -0.25) is 14.4 Å². The molecular formula is C23H24O7S3. The number of thioether (sulfide) groups is 2. The number of ketones is 2. The fourth-order valence-corrected chi connectivity index (χ4v) is 5.00. The molecule has 0 unspecified atom stereocenters. The summed E-state index contributed by atoms with van der Waals surface area (Å²) in [6.07, 6.45) is -0.101. The molecule has 1 aromatic carbocycles. The summed E-state index contributed by atoms with van der Waals surface area (Å²) in [4.78, 5) is 61.5. The van der Waals surface area contributed by atoms with E-state index in [0.717, 1.165) is 23.5 Å². The molecule has 0 spiro atoms. The zero-order chi connectivity index (χ0) is 24.4. The molecule has 33 heavy (non-hydrogen) atoms. The smallest absolute Gasteiger partial charge is 0.370 e. The lowest BCUT2D eigenvalue weighted by molar-refractivity contribution is -0.126. The Morgan fingerprint density at radius 3 is 2.30 bits per heavy atom. The minimum absolute atomic E-state index is 0.0339. The molecule has 10 heteroatoms. The van der Waals surface area contributed by atoms with Crippen molar-refractivity contribution in [1.29, 1.82) is 0 Å². The van der Waals surface area contributed by atoms with Crippen LogP contribution >= 0.6 is 34.9 Å². The first-order valence-electron chi connectivity index (χ1n) is 9.92. The van der Waals surface area contributed by atoms with Crippen LogP contribution in [0.2, 0.25) is 0 Å². The normalized spacial score (nSPS) is 12.0. The Morgan fingerprint density at radius 2 is 1.70 bits per heavy atom. The SMILES string of the molecule is CC(=O)[C@H](CSC(=O)OCOC(=O)c1ccccc1)CC(=O)C(C)(C)SC(=O)c1cccs1. The Morgan fingerprint density at radius 1 is 1.00 bits per heavy atom. The summed E-state index contributed by atoms with van der Waals surface area (Å²) in [7, 11) is 0. The lowest BCUT2D eigenvalue weighted by Crippen LogP contribution is -2.33. The molecular weight excluding hydrogens is 484 g/mol. The molecule has 176 valence electrons. The molecule has 0 saturated carbocycles. The van der Waals surface area contributed by atoms with Crippen molar-refractivity contribution >= 4 is 62.8 Å². The molecule has 0 bridgehead atoms. The Balaban J connectivity index is 1.80. The van der Waals surface area contributed by atoms with Crippen molar-refractivity contribution in [2.24, 2.45) is 5.92 Å². The van der Waals surface area contributed by atoms with Gasteiger partial charge >= 0.3 is 11.3 Å². The Labute approximate surface area is 204 Å². The Bertz CT molecular complexity index is 985. The van der Waals surface area contributed by atoms with E-state index < -0.39 is 28.7 Å². The van der Waals surface area contributed by atoms with Crippen molar-refractivity contribution in [2.45, 2.75) is 31.9 Å². The molecule has 0 saturated heterocycles. The molecule has 0 radical (unpaired) electrons. The van der Waals surface area contributed by atoms with Gasteiger partial charge in [-0.1, -0.05) is 36.0 Å². The van der Waals surface area contributed by atoms with Crippen LogP contribution in [0.15, 0.2) is 47.8 Å². The van der Waals surface area contributed by atoms with E-state index in [1.54, 1.807) is 61.7 Å². The highest BCUT2D eigenvalue weighted by Gasteiger charge is 2.34. The number of esters is 1. The molecule has 0 aliphatic heterocycles. The topological polar surface area (TPSA) is 104 Å². The number of carbonyl (C=O) groups is 5. The van der Waals surface area contributed by atoms with Crippen LogP contribution in [-0.4, -0.2) is 45.2 Å². The highest BCUT2D eigenvalue weighted by atomic mass is 32.2. The van der Waals surface area contributed by atoms with Gasteiger partial charge in [-0.05, 0) is 56.1 Å². The van der Waals surface area contributed by atoms with Crippen molar-refractivity contribution in [3.8, 4) is 0 Å². The molecule has 0 amide bonds. The van der Waals surface area contributed by atoms with E-state index >= 15 is 0 Å². The minimum Gasteiger partial charge on any atom is -0.424 e. The third-order valence-corrected chi connectivity index (χ3v) is 7.59. The summed E-state index contributed by atoms with van der Waals surface area (Å²) in [6.45, 7) is 4.08. The third-order valence-electron chi connectivity index (χ3n) is 4.53. The van der Waals surface area contributed by atoms with Crippen LogP contribution < -0.4 is 0 Å². The van der Waals surface area contributed by atoms with Gasteiger partial charge in [-0.25, -0.2) is 9.59 Å². The molecule has 0 fully saturated rings. The average molecular weight is 509 g/mol. The zero-order valence-corrected chi connectivity index (χ0v) is 20.8. The number of ether oxygens (including phenoxy) is 2. The van der Waals surface area contributed by atoms with Crippen molar-refractivity contribution in [1.82, 2.24) is 0 Å². The van der Waals surface area contributed by atoms with Crippen LogP contribution in [0.4, 0.5) is 4.79 Å². The molecule has 2 aromatic rings. The van der Waals surface area contributed by atoms with Gasteiger partial charge in [0.2, 0.25) is 11.9 Å². The van der Waals surface area contributed by atoms with E-state index in [2.05, 4.69) is 0 Å². The van der Waals surface area contributed by atoms with Gasteiger partial charge < -0.3 is 9.47 Å². The van der Waals surface area contributed by atoms with Crippen LogP contribution in [0.25, 0.3) is 0 Å². The first-order valence-corrected chi connectivity index (χ1v) is 12.6. The summed E-state index contributed by atoms with van der Waals surface area (Å²) >= 11 is 2.95. The van der Waals surface area contributed by atoms with Gasteiger partial charge in [0.25, 0.3) is 0 Å². The second-order valence-corrected chi connectivity index (χ2v) is 10.9. The van der Waals surface area contributed by atoms with Crippen LogP contribution in [0, 0.1) is 5.92 Å². The van der Waals surface area contributed by atoms with Gasteiger partial charge in [-0.15, -0.1) is 11.3 Å². The Kier molecular flexibility index (Phi) is 10.3. The van der Waals surface area contributed by atoms with Gasteiger partial charge in [0, 0.05) is 18.1 Å². The molecule has 1 atom stereocenters. The van der Waals surface area contributed by atoms with E-state index in [1.807, 2.05) is 0 Å². The summed E-state index contributed by atoms with van der Waals surface area (Å²) in [6, 6.07) is 11.7. The van der Waals surface area contributed by atoms with Crippen LogP contribution in [0.3, 0.4) is 0 Å². The standard InChI is InChI=1S/C23H24O7S3/c1-15(24)17(12-19(25)23(2,3)33-21(27)18-10-7-11-31-18)13-32-22(28)30-14-29-20(26)16-8-5-4-6-9-16/h4-11,17H,12-14H2,1-3H3/t17-/m0/s1. The molecule has 2 rings (SSSR count). The number of hydrogen-bond donors (Lipinski definition) is 0. The maximum atomic E-state index is 12.8. The quantitative estimate of drug-likeness (QED) is 0.297. The predicted octanol–water partition coefficient (Wildman–Crippen LogP) is 5.25. The van der Waals surface area contributed by atoms with E-state index in [1.165, 1.54) is 18.3 Å². The van der Waals surface area contributed by atoms with Crippen molar-refractivity contribution in [2.75, 3.05) is 12.5 Å². The molecule has 1 heterocycles. The molecule has 7 nitrogen and oxygen atoms in total. The lowest BCUT2D eigenvalue weighted by atomic mass is 9.94. The number of thiophene rings is 1. The second-order valence-electron chi connectivity index (χ2n) is 7.43. The van der Waals surface area contributed by atoms with E-state index in [9.17, 15) is 24.0 Å². The van der Waals surface area contributed by atoms with E-state index in [-0.39, 0.29) is 28.9 Å². The summed E-state index contributed by atoms with van der Waals surface area (Å²) < 4.78 is 8.73. The number of hydrogen-bond acceptors (Lipinski definition) is 10. The van der Waals surface area contributed by atoms with Crippen molar-refractivity contribution in [3.05, 3.63) is 58.3 Å². The van der Waals surface area contributed by atoms with E-state index in [4.69, 9.17) is 9.47 Å². The van der Waals surface area contributed by atoms with Crippen LogP contribution in [0.1, 0.15) is 47.2 Å². The molecule has 0 aliphatic rings. The fraction of sp³-hybridized carbons (Fsp3) is 0.348. The minimum atomic E-state index is -1.02. The first-order chi connectivity index (χ1) is 15.6. The zero-order valence-electron chi connectivity index (χ0n) is 18.4. The maximum absolute atomic E-state index is 12.8. The fourth-order valence-electron chi connectivity index (χ4n) is 2.52. The molecule has 0 N–H and O–H groups in total. The summed E-state index contributed by atoms with van der Waals surface area (Å²) in [5, 5.41) is 0.856. The monoisotopic (exact) mass is 508 g/mol. The third kappa shape index (κ3) is 8.79. The lowest BCUT2D eigenvalue weighted by Gasteiger charge is -2.23. The number of rotatable bonds is 11. The highest BCUT2D eigenvalue weighted by Crippen LogP contribution is 2.33. The number of carbonyl (C=O) groups excluding carboxylic acids is 5. The second kappa shape index (κ2) is 12.7. The van der Waals surface area contributed by atoms with E-state index in [0.29, 0.717) is 10.4 Å². The van der Waals surface area contributed by atoms with Gasteiger partial charge in [0.05, 0.1) is 15.2 Å². The highest BCUT2D eigenvalue weighted by molar-refractivity contribution is 8.16. The summed E-state index contributed by atoms with van der Waals surface area (Å²) in [5.74, 6) is -1.81. The Hall–Kier alpha value is -2.43. The molecule has 0 aliphatic carbocycles. The van der Waals surface area contributed by atoms with Gasteiger partial charge in [0.1, 0.15) is 11.6 Å². The van der Waals surface area contributed by atoms with Crippen molar-refractivity contribution < 1.29 is 33.4 Å².